The molecule has 0 atom stereocenters. The van der Waals surface area contributed by atoms with Crippen molar-refractivity contribution in [3.63, 3.8) is 0 Å². The van der Waals surface area contributed by atoms with Crippen molar-refractivity contribution < 1.29 is 8.42 Å². The van der Waals surface area contributed by atoms with E-state index < -0.39 is 10.0 Å². The molecule has 0 radical (unpaired) electrons. The highest BCUT2D eigenvalue weighted by molar-refractivity contribution is 7.89. The van der Waals surface area contributed by atoms with Gasteiger partial charge in [0.15, 0.2) is 4.80 Å². The molecule has 0 amide bonds. The third-order valence-corrected chi connectivity index (χ3v) is 7.69. The Bertz CT molecular complexity index is 1130. The van der Waals surface area contributed by atoms with Gasteiger partial charge in [-0.15, -0.1) is 11.3 Å². The van der Waals surface area contributed by atoms with Gasteiger partial charge >= 0.3 is 0 Å². The van der Waals surface area contributed by atoms with Crippen molar-refractivity contribution in [3.05, 3.63) is 64.8 Å². The molecule has 3 aromatic rings. The minimum atomic E-state index is -3.43. The van der Waals surface area contributed by atoms with Crippen LogP contribution in [0, 0.1) is 0 Å². The molecule has 0 bridgehead atoms. The van der Waals surface area contributed by atoms with Crippen LogP contribution in [0.25, 0.3) is 11.3 Å². The number of benzene rings is 2. The van der Waals surface area contributed by atoms with E-state index in [-0.39, 0.29) is 0 Å². The van der Waals surface area contributed by atoms with E-state index in [4.69, 9.17) is 4.99 Å². The fourth-order valence-corrected chi connectivity index (χ4v) is 6.02. The van der Waals surface area contributed by atoms with Gasteiger partial charge in [-0.2, -0.15) is 4.31 Å². The molecule has 1 aliphatic rings. The van der Waals surface area contributed by atoms with Gasteiger partial charge in [0.1, 0.15) is 0 Å². The summed E-state index contributed by atoms with van der Waals surface area (Å²) >= 11 is 1.57. The van der Waals surface area contributed by atoms with Crippen molar-refractivity contribution >= 4 is 27.0 Å². The molecule has 146 valence electrons. The molecule has 1 aromatic heterocycles. The van der Waals surface area contributed by atoms with Crippen molar-refractivity contribution in [1.29, 1.82) is 0 Å². The Morgan fingerprint density at radius 1 is 1.04 bits per heavy atom. The molecule has 4 rings (SSSR count). The van der Waals surface area contributed by atoms with Gasteiger partial charge in [-0.1, -0.05) is 30.3 Å². The van der Waals surface area contributed by atoms with Gasteiger partial charge in [0.05, 0.1) is 16.3 Å². The molecule has 0 saturated carbocycles. The molecule has 28 heavy (non-hydrogen) atoms. The van der Waals surface area contributed by atoms with E-state index in [1.807, 2.05) is 47.8 Å². The maximum atomic E-state index is 12.9. The Balaban J connectivity index is 1.75. The summed E-state index contributed by atoms with van der Waals surface area (Å²) in [7, 11) is -3.43. The number of nitrogens with zero attached hydrogens (tertiary/aromatic N) is 3. The summed E-state index contributed by atoms with van der Waals surface area (Å²) in [4.78, 5) is 6.01. The predicted molar refractivity (Wildman–Crippen MR) is 113 cm³/mol. The third kappa shape index (κ3) is 3.70. The summed E-state index contributed by atoms with van der Waals surface area (Å²) in [6, 6.07) is 17.1. The highest BCUT2D eigenvalue weighted by atomic mass is 32.2. The first-order valence-electron chi connectivity index (χ1n) is 9.48. The lowest BCUT2D eigenvalue weighted by atomic mass is 10.2. The zero-order chi connectivity index (χ0) is 19.6. The maximum Gasteiger partial charge on any atom is 0.243 e. The van der Waals surface area contributed by atoms with E-state index >= 15 is 0 Å². The number of para-hydroxylation sites is 1. The van der Waals surface area contributed by atoms with E-state index in [0.717, 1.165) is 41.1 Å². The molecule has 1 saturated heterocycles. The van der Waals surface area contributed by atoms with Gasteiger partial charge in [-0.05, 0) is 44.0 Å². The minimum absolute atomic E-state index is 0.363. The van der Waals surface area contributed by atoms with Gasteiger partial charge in [-0.25, -0.2) is 13.4 Å². The van der Waals surface area contributed by atoms with Crippen molar-refractivity contribution in [2.24, 2.45) is 4.99 Å². The molecule has 2 aromatic carbocycles. The normalized spacial score (nSPS) is 16.0. The fraction of sp³-hybridized carbons (Fsp3) is 0.286. The van der Waals surface area contributed by atoms with Crippen LogP contribution < -0.4 is 4.80 Å². The van der Waals surface area contributed by atoms with Crippen LogP contribution in [0.4, 0.5) is 5.69 Å². The monoisotopic (exact) mass is 413 g/mol. The highest BCUT2D eigenvalue weighted by Gasteiger charge is 2.27. The van der Waals surface area contributed by atoms with Crippen LogP contribution in [-0.2, 0) is 16.6 Å². The summed E-state index contributed by atoms with van der Waals surface area (Å²) in [6.45, 7) is 4.05. The van der Waals surface area contributed by atoms with Crippen LogP contribution in [0.5, 0.6) is 0 Å². The first-order chi connectivity index (χ1) is 13.6. The Morgan fingerprint density at radius 3 is 2.50 bits per heavy atom. The molecule has 1 aliphatic heterocycles. The van der Waals surface area contributed by atoms with E-state index in [1.54, 1.807) is 27.8 Å². The number of hydrogen-bond donors (Lipinski definition) is 0. The number of aromatic nitrogens is 1. The molecule has 0 unspecified atom stereocenters. The summed E-state index contributed by atoms with van der Waals surface area (Å²) in [5.41, 5.74) is 2.79. The van der Waals surface area contributed by atoms with Crippen LogP contribution in [0.3, 0.4) is 0 Å². The average molecular weight is 414 g/mol. The highest BCUT2D eigenvalue weighted by Crippen LogP contribution is 2.27. The second kappa shape index (κ2) is 8.03. The van der Waals surface area contributed by atoms with Crippen molar-refractivity contribution in [3.8, 4) is 11.3 Å². The van der Waals surface area contributed by atoms with Crippen LogP contribution in [0.1, 0.15) is 19.8 Å². The summed E-state index contributed by atoms with van der Waals surface area (Å²) < 4.78 is 29.6. The van der Waals surface area contributed by atoms with Crippen molar-refractivity contribution in [1.82, 2.24) is 8.87 Å². The summed E-state index contributed by atoms with van der Waals surface area (Å²) in [6.07, 6.45) is 1.87. The lowest BCUT2D eigenvalue weighted by molar-refractivity contribution is 0.477. The Hall–Kier alpha value is -2.22. The average Bonchev–Trinajstić information content (AvgIpc) is 3.39. The van der Waals surface area contributed by atoms with Crippen molar-refractivity contribution in [2.45, 2.75) is 31.2 Å². The topological polar surface area (TPSA) is 54.7 Å². The van der Waals surface area contributed by atoms with Gasteiger partial charge in [-0.3, -0.25) is 0 Å². The van der Waals surface area contributed by atoms with E-state index in [2.05, 4.69) is 11.5 Å². The van der Waals surface area contributed by atoms with Crippen LogP contribution in [0.15, 0.2) is 69.9 Å². The zero-order valence-corrected chi connectivity index (χ0v) is 17.4. The number of sulfonamides is 1. The number of hydrogen-bond acceptors (Lipinski definition) is 4. The third-order valence-electron chi connectivity index (χ3n) is 4.93. The lowest BCUT2D eigenvalue weighted by Gasteiger charge is -2.16. The minimum Gasteiger partial charge on any atom is -0.317 e. The van der Waals surface area contributed by atoms with Gasteiger partial charge in [0.25, 0.3) is 0 Å². The molecule has 2 heterocycles. The van der Waals surface area contributed by atoms with Crippen LogP contribution >= 0.6 is 11.3 Å². The smallest absolute Gasteiger partial charge is 0.243 e. The number of rotatable bonds is 5. The summed E-state index contributed by atoms with van der Waals surface area (Å²) in [5, 5.41) is 2.05. The molecule has 0 aliphatic carbocycles. The largest absolute Gasteiger partial charge is 0.317 e. The fourth-order valence-electron chi connectivity index (χ4n) is 3.46. The zero-order valence-electron chi connectivity index (χ0n) is 15.8. The standard InChI is InChI=1S/C21H23N3O2S2/c1-2-24-20(16-27-21(24)22-18-10-4-3-5-11-18)17-9-8-12-19(15-17)28(25,26)23-13-6-7-14-23/h3-5,8-12,15-16H,2,6-7,13-14H2,1H3. The SMILES string of the molecule is CCn1c(-c2cccc(S(=O)(=O)N3CCCC3)c2)csc1=Nc1ccccc1. The number of thiazole rings is 1. The first-order valence-corrected chi connectivity index (χ1v) is 11.8. The Kier molecular flexibility index (Phi) is 5.48. The molecular weight excluding hydrogens is 390 g/mol. The Morgan fingerprint density at radius 2 is 1.79 bits per heavy atom. The second-order valence-corrected chi connectivity index (χ2v) is 9.51. The predicted octanol–water partition coefficient (Wildman–Crippen LogP) is 4.25. The molecule has 0 spiro atoms. The van der Waals surface area contributed by atoms with Crippen LogP contribution in [0.2, 0.25) is 0 Å². The first kappa shape index (κ1) is 19.1. The Labute approximate surface area is 169 Å². The van der Waals surface area contributed by atoms with Gasteiger partial charge < -0.3 is 4.57 Å². The summed E-state index contributed by atoms with van der Waals surface area (Å²) in [5.74, 6) is 0. The van der Waals surface area contributed by atoms with E-state index in [0.29, 0.717) is 18.0 Å². The van der Waals surface area contributed by atoms with Crippen LogP contribution in [-0.4, -0.2) is 30.4 Å². The van der Waals surface area contributed by atoms with E-state index in [1.165, 1.54) is 0 Å². The molecule has 5 nitrogen and oxygen atoms in total. The lowest BCUT2D eigenvalue weighted by Crippen LogP contribution is -2.27. The maximum absolute atomic E-state index is 12.9. The molecule has 1 fully saturated rings. The molecule has 7 heteroatoms. The van der Waals surface area contributed by atoms with Crippen molar-refractivity contribution in [2.75, 3.05) is 13.1 Å². The van der Waals surface area contributed by atoms with Gasteiger partial charge in [0.2, 0.25) is 10.0 Å². The molecule has 0 N–H and O–H groups in total. The van der Waals surface area contributed by atoms with Gasteiger partial charge in [0, 0.05) is 30.6 Å². The molecular formula is C21H23N3O2S2. The van der Waals surface area contributed by atoms with E-state index in [9.17, 15) is 8.42 Å². The quantitative estimate of drug-likeness (QED) is 0.628. The second-order valence-electron chi connectivity index (χ2n) is 6.73.